The van der Waals surface area contributed by atoms with E-state index in [1.807, 2.05) is 0 Å². The predicted molar refractivity (Wildman–Crippen MR) is 55.2 cm³/mol. The molecule has 16 heavy (non-hydrogen) atoms. The van der Waals surface area contributed by atoms with Gasteiger partial charge in [0.2, 0.25) is 0 Å². The number of halogens is 2. The monoisotopic (exact) mass is 216 g/mol. The van der Waals surface area contributed by atoms with Crippen LogP contribution in [0.15, 0.2) is 36.4 Å². The Bertz CT molecular complexity index is 617. The van der Waals surface area contributed by atoms with E-state index in [-0.39, 0.29) is 16.9 Å². The molecule has 0 aliphatic heterocycles. The summed E-state index contributed by atoms with van der Waals surface area (Å²) in [5.41, 5.74) is 1.29. The predicted octanol–water partition coefficient (Wildman–Crippen LogP) is 3.18. The first-order chi connectivity index (χ1) is 7.68. The van der Waals surface area contributed by atoms with Crippen LogP contribution < -0.4 is 0 Å². The Morgan fingerprint density at radius 1 is 0.875 bits per heavy atom. The van der Waals surface area contributed by atoms with Gasteiger partial charge in [0.1, 0.15) is 11.6 Å². The summed E-state index contributed by atoms with van der Waals surface area (Å²) in [6.07, 6.45) is 0. The number of carbonyl (C=O) groups excluding carboxylic acids is 1. The zero-order valence-corrected chi connectivity index (χ0v) is 8.13. The Hall–Kier alpha value is -2.03. The van der Waals surface area contributed by atoms with E-state index in [0.29, 0.717) is 11.1 Å². The zero-order chi connectivity index (χ0) is 11.3. The van der Waals surface area contributed by atoms with Crippen molar-refractivity contribution in [2.45, 2.75) is 0 Å². The quantitative estimate of drug-likeness (QED) is 0.564. The van der Waals surface area contributed by atoms with Gasteiger partial charge in [-0.1, -0.05) is 24.3 Å². The number of hydrogen-bond acceptors (Lipinski definition) is 1. The molecule has 0 unspecified atom stereocenters. The highest BCUT2D eigenvalue weighted by Crippen LogP contribution is 2.38. The van der Waals surface area contributed by atoms with Crippen molar-refractivity contribution < 1.29 is 13.6 Å². The molecule has 0 amide bonds. The molecular formula is C13H6F2O. The average molecular weight is 216 g/mol. The van der Waals surface area contributed by atoms with Gasteiger partial charge in [-0.05, 0) is 11.6 Å². The molecule has 0 radical (unpaired) electrons. The van der Waals surface area contributed by atoms with Crippen LogP contribution in [-0.2, 0) is 0 Å². The maximum atomic E-state index is 13.6. The van der Waals surface area contributed by atoms with Gasteiger partial charge in [-0.25, -0.2) is 8.78 Å². The third-order valence-electron chi connectivity index (χ3n) is 2.74. The molecule has 1 nitrogen and oxygen atoms in total. The van der Waals surface area contributed by atoms with Gasteiger partial charge in [-0.15, -0.1) is 0 Å². The maximum Gasteiger partial charge on any atom is 0.194 e. The summed E-state index contributed by atoms with van der Waals surface area (Å²) in [6.45, 7) is 0. The minimum Gasteiger partial charge on any atom is -0.289 e. The summed E-state index contributed by atoms with van der Waals surface area (Å²) in [5.74, 6) is -1.73. The van der Waals surface area contributed by atoms with Crippen molar-refractivity contribution in [2.75, 3.05) is 0 Å². The van der Waals surface area contributed by atoms with Crippen molar-refractivity contribution in [3.05, 3.63) is 59.2 Å². The fourth-order valence-electron chi connectivity index (χ4n) is 2.07. The Kier molecular flexibility index (Phi) is 1.72. The second-order valence-electron chi connectivity index (χ2n) is 3.68. The molecule has 0 atom stereocenters. The SMILES string of the molecule is O=C1c2ccccc2-c2c(F)cc(F)cc21. The van der Waals surface area contributed by atoms with E-state index in [1.54, 1.807) is 24.3 Å². The summed E-state index contributed by atoms with van der Waals surface area (Å²) in [4.78, 5) is 11.9. The molecule has 0 aromatic heterocycles. The van der Waals surface area contributed by atoms with Crippen molar-refractivity contribution >= 4 is 5.78 Å². The Balaban J connectivity index is 2.43. The van der Waals surface area contributed by atoms with Crippen LogP contribution in [0.1, 0.15) is 15.9 Å². The zero-order valence-electron chi connectivity index (χ0n) is 8.13. The molecular weight excluding hydrogens is 210 g/mol. The largest absolute Gasteiger partial charge is 0.289 e. The number of fused-ring (bicyclic) bond motifs is 3. The second-order valence-corrected chi connectivity index (χ2v) is 3.68. The second kappa shape index (κ2) is 2.98. The highest BCUT2D eigenvalue weighted by Gasteiger charge is 2.29. The lowest BCUT2D eigenvalue weighted by molar-refractivity contribution is 0.104. The van der Waals surface area contributed by atoms with Crippen LogP contribution in [0.25, 0.3) is 11.1 Å². The first-order valence-corrected chi connectivity index (χ1v) is 4.81. The Morgan fingerprint density at radius 2 is 1.56 bits per heavy atom. The van der Waals surface area contributed by atoms with Crippen LogP contribution in [0.3, 0.4) is 0 Å². The molecule has 3 heteroatoms. The van der Waals surface area contributed by atoms with E-state index in [4.69, 9.17) is 0 Å². The number of benzene rings is 2. The first-order valence-electron chi connectivity index (χ1n) is 4.81. The summed E-state index contributed by atoms with van der Waals surface area (Å²) >= 11 is 0. The normalized spacial score (nSPS) is 12.5. The molecule has 0 spiro atoms. The number of carbonyl (C=O) groups is 1. The third-order valence-corrected chi connectivity index (χ3v) is 2.74. The molecule has 0 saturated carbocycles. The topological polar surface area (TPSA) is 17.1 Å². The Morgan fingerprint density at radius 3 is 2.31 bits per heavy atom. The molecule has 0 heterocycles. The van der Waals surface area contributed by atoms with Gasteiger partial charge in [0.15, 0.2) is 5.78 Å². The van der Waals surface area contributed by atoms with Crippen molar-refractivity contribution in [3.63, 3.8) is 0 Å². The molecule has 0 bridgehead atoms. The van der Waals surface area contributed by atoms with Gasteiger partial charge in [-0.3, -0.25) is 4.79 Å². The van der Waals surface area contributed by atoms with Gasteiger partial charge in [-0.2, -0.15) is 0 Å². The Labute approximate surface area is 90.3 Å². The lowest BCUT2D eigenvalue weighted by Crippen LogP contribution is -1.96. The number of rotatable bonds is 0. The molecule has 78 valence electrons. The molecule has 0 fully saturated rings. The van der Waals surface area contributed by atoms with Crippen LogP contribution in [0.2, 0.25) is 0 Å². The van der Waals surface area contributed by atoms with E-state index in [2.05, 4.69) is 0 Å². The van der Waals surface area contributed by atoms with E-state index < -0.39 is 11.6 Å². The molecule has 0 N–H and O–H groups in total. The summed E-state index contributed by atoms with van der Waals surface area (Å²) in [6, 6.07) is 8.60. The first kappa shape index (κ1) is 9.21. The third kappa shape index (κ3) is 1.05. The summed E-state index contributed by atoms with van der Waals surface area (Å²) in [5, 5.41) is 0. The molecule has 2 aromatic rings. The van der Waals surface area contributed by atoms with Crippen LogP contribution in [0.5, 0.6) is 0 Å². The van der Waals surface area contributed by atoms with Gasteiger partial charge in [0.25, 0.3) is 0 Å². The molecule has 2 aromatic carbocycles. The van der Waals surface area contributed by atoms with Gasteiger partial charge >= 0.3 is 0 Å². The maximum absolute atomic E-state index is 13.6. The standard InChI is InChI=1S/C13H6F2O/c14-7-5-10-12(11(15)6-7)8-3-1-2-4-9(8)13(10)16/h1-6H. The van der Waals surface area contributed by atoms with Gasteiger partial charge < -0.3 is 0 Å². The highest BCUT2D eigenvalue weighted by molar-refractivity contribution is 6.21. The molecule has 3 rings (SSSR count). The average Bonchev–Trinajstić information content (AvgIpc) is 2.54. The molecule has 1 aliphatic carbocycles. The van der Waals surface area contributed by atoms with Crippen LogP contribution in [0.4, 0.5) is 8.78 Å². The smallest absolute Gasteiger partial charge is 0.194 e. The number of ketones is 1. The van der Waals surface area contributed by atoms with Crippen LogP contribution in [0, 0.1) is 11.6 Å². The van der Waals surface area contributed by atoms with Crippen LogP contribution in [-0.4, -0.2) is 5.78 Å². The van der Waals surface area contributed by atoms with Crippen LogP contribution >= 0.6 is 0 Å². The summed E-state index contributed by atoms with van der Waals surface area (Å²) in [7, 11) is 0. The van der Waals surface area contributed by atoms with E-state index in [9.17, 15) is 13.6 Å². The van der Waals surface area contributed by atoms with Crippen molar-refractivity contribution in [2.24, 2.45) is 0 Å². The minimum atomic E-state index is -0.725. The highest BCUT2D eigenvalue weighted by atomic mass is 19.1. The van der Waals surface area contributed by atoms with E-state index in [1.165, 1.54) is 0 Å². The van der Waals surface area contributed by atoms with Crippen molar-refractivity contribution in [1.82, 2.24) is 0 Å². The van der Waals surface area contributed by atoms with E-state index in [0.717, 1.165) is 12.1 Å². The fraction of sp³-hybridized carbons (Fsp3) is 0. The van der Waals surface area contributed by atoms with E-state index >= 15 is 0 Å². The molecule has 1 aliphatic rings. The van der Waals surface area contributed by atoms with Crippen molar-refractivity contribution in [1.29, 1.82) is 0 Å². The van der Waals surface area contributed by atoms with Gasteiger partial charge in [0, 0.05) is 22.8 Å². The van der Waals surface area contributed by atoms with Crippen molar-refractivity contribution in [3.8, 4) is 11.1 Å². The fourth-order valence-corrected chi connectivity index (χ4v) is 2.07. The lowest BCUT2D eigenvalue weighted by Gasteiger charge is -2.01. The summed E-state index contributed by atoms with van der Waals surface area (Å²) < 4.78 is 26.6. The van der Waals surface area contributed by atoms with Gasteiger partial charge in [0.05, 0.1) is 0 Å². The number of hydrogen-bond donors (Lipinski definition) is 0. The molecule has 0 saturated heterocycles. The lowest BCUT2D eigenvalue weighted by atomic mass is 10.1. The minimum absolute atomic E-state index is 0.110.